The second kappa shape index (κ2) is 10.8. The minimum absolute atomic E-state index is 0.0546. The predicted octanol–water partition coefficient (Wildman–Crippen LogP) is 6.93. The predicted molar refractivity (Wildman–Crippen MR) is 152 cm³/mol. The number of allylic oxidation sites excluding steroid dienone is 2. The fourth-order valence-corrected chi connectivity index (χ4v) is 5.87. The van der Waals surface area contributed by atoms with E-state index in [1.807, 2.05) is 12.1 Å². The molecule has 0 saturated heterocycles. The van der Waals surface area contributed by atoms with Gasteiger partial charge in [0.15, 0.2) is 0 Å². The monoisotopic (exact) mass is 543 g/mol. The van der Waals surface area contributed by atoms with Crippen molar-refractivity contribution in [2.45, 2.75) is 45.6 Å². The first-order chi connectivity index (χ1) is 19.1. The molecule has 40 heavy (non-hydrogen) atoms. The lowest BCUT2D eigenvalue weighted by Gasteiger charge is -2.31. The molecule has 0 aromatic heterocycles. The first kappa shape index (κ1) is 27.4. The molecule has 1 amide bonds. The van der Waals surface area contributed by atoms with E-state index in [0.717, 1.165) is 29.5 Å². The molecule has 1 N–H and O–H groups in total. The number of hydrogen-bond donors (Lipinski definition) is 1. The number of methoxy groups -OCH3 is 1. The molecule has 0 radical (unpaired) electrons. The van der Waals surface area contributed by atoms with E-state index in [9.17, 15) is 14.7 Å². The van der Waals surface area contributed by atoms with Crippen molar-refractivity contribution in [3.63, 3.8) is 0 Å². The molecule has 2 aliphatic rings. The summed E-state index contributed by atoms with van der Waals surface area (Å²) in [6.45, 7) is 5.02. The van der Waals surface area contributed by atoms with Crippen LogP contribution in [0.15, 0.2) is 60.7 Å². The molecule has 1 unspecified atom stereocenters. The van der Waals surface area contributed by atoms with Crippen molar-refractivity contribution < 1.29 is 28.6 Å². The van der Waals surface area contributed by atoms with Crippen molar-refractivity contribution in [2.24, 2.45) is 5.41 Å². The second-order valence-corrected chi connectivity index (χ2v) is 11.3. The standard InChI is InChI=1S/C33H34FNO5/c1-33(2)13-5-6-29(33)27-14-20(7-10-24(27)28-16-22(39-4)9-12-30(28)34)19-40-23-8-11-25-26(17-23)21(15-31(36)37)18-35(3)32(25)38/h6-12,14,16-17,21H,5,13,15,18-19H2,1-4H3,(H,36,37). The third-order valence-electron chi connectivity index (χ3n) is 8.05. The van der Waals surface area contributed by atoms with Crippen molar-refractivity contribution in [2.75, 3.05) is 20.7 Å². The fraction of sp³-hybridized carbons (Fsp3) is 0.333. The van der Waals surface area contributed by atoms with Crippen LogP contribution < -0.4 is 9.47 Å². The topological polar surface area (TPSA) is 76.1 Å². The average Bonchev–Trinajstić information content (AvgIpc) is 3.29. The van der Waals surface area contributed by atoms with E-state index in [-0.39, 0.29) is 36.1 Å². The molecular formula is C33H34FNO5. The minimum atomic E-state index is -0.908. The maximum Gasteiger partial charge on any atom is 0.304 e. The number of benzene rings is 3. The summed E-state index contributed by atoms with van der Waals surface area (Å²) in [5.41, 5.74) is 5.51. The normalized spacial score (nSPS) is 17.8. The summed E-state index contributed by atoms with van der Waals surface area (Å²) < 4.78 is 26.6. The molecule has 0 saturated carbocycles. The van der Waals surface area contributed by atoms with E-state index in [1.54, 1.807) is 49.4 Å². The molecule has 5 rings (SSSR count). The zero-order chi connectivity index (χ0) is 28.6. The van der Waals surface area contributed by atoms with Crippen LogP contribution in [0.4, 0.5) is 4.39 Å². The summed E-state index contributed by atoms with van der Waals surface area (Å²) >= 11 is 0. The number of hydrogen-bond acceptors (Lipinski definition) is 4. The van der Waals surface area contributed by atoms with E-state index in [2.05, 4.69) is 26.0 Å². The van der Waals surface area contributed by atoms with E-state index < -0.39 is 5.97 Å². The van der Waals surface area contributed by atoms with Gasteiger partial charge in [-0.2, -0.15) is 0 Å². The highest BCUT2D eigenvalue weighted by Crippen LogP contribution is 2.47. The van der Waals surface area contributed by atoms with Crippen molar-refractivity contribution >= 4 is 17.4 Å². The van der Waals surface area contributed by atoms with Gasteiger partial charge in [-0.15, -0.1) is 0 Å². The Kier molecular flexibility index (Phi) is 7.41. The molecule has 3 aromatic carbocycles. The van der Waals surface area contributed by atoms with Gasteiger partial charge < -0.3 is 19.5 Å². The summed E-state index contributed by atoms with van der Waals surface area (Å²) in [4.78, 5) is 25.7. The highest BCUT2D eigenvalue weighted by Gasteiger charge is 2.32. The number of rotatable bonds is 8. The lowest BCUT2D eigenvalue weighted by Crippen LogP contribution is -2.37. The van der Waals surface area contributed by atoms with Gasteiger partial charge in [-0.1, -0.05) is 32.1 Å². The van der Waals surface area contributed by atoms with Crippen LogP contribution in [0.5, 0.6) is 11.5 Å². The number of likely N-dealkylation sites (N-methyl/N-ethyl adjacent to an activating group) is 1. The number of ether oxygens (including phenoxy) is 2. The summed E-state index contributed by atoms with van der Waals surface area (Å²) in [5, 5.41) is 9.40. The molecule has 0 fully saturated rings. The van der Waals surface area contributed by atoms with E-state index in [4.69, 9.17) is 9.47 Å². The molecule has 1 aliphatic heterocycles. The Bertz CT molecular complexity index is 1510. The van der Waals surface area contributed by atoms with Gasteiger partial charge in [0, 0.05) is 30.6 Å². The number of aliphatic carboxylic acids is 1. The highest BCUT2D eigenvalue weighted by molar-refractivity contribution is 5.97. The van der Waals surface area contributed by atoms with Crippen LogP contribution in [0.3, 0.4) is 0 Å². The summed E-state index contributed by atoms with van der Waals surface area (Å²) in [6.07, 6.45) is 4.15. The number of carboxylic acids is 1. The maximum atomic E-state index is 15.1. The molecule has 0 bridgehead atoms. The van der Waals surface area contributed by atoms with Gasteiger partial charge in [-0.25, -0.2) is 4.39 Å². The zero-order valence-electron chi connectivity index (χ0n) is 23.3. The second-order valence-electron chi connectivity index (χ2n) is 11.3. The lowest BCUT2D eigenvalue weighted by molar-refractivity contribution is -0.137. The zero-order valence-corrected chi connectivity index (χ0v) is 23.3. The van der Waals surface area contributed by atoms with Crippen LogP contribution in [0, 0.1) is 11.2 Å². The average molecular weight is 544 g/mol. The molecule has 0 spiro atoms. The quantitative estimate of drug-likeness (QED) is 0.334. The van der Waals surface area contributed by atoms with Crippen LogP contribution in [-0.4, -0.2) is 42.6 Å². The Morgan fingerprint density at radius 3 is 2.48 bits per heavy atom. The molecule has 1 heterocycles. The molecule has 7 heteroatoms. The van der Waals surface area contributed by atoms with Gasteiger partial charge in [-0.05, 0) is 88.5 Å². The highest BCUT2D eigenvalue weighted by atomic mass is 19.1. The molecule has 1 aliphatic carbocycles. The molecule has 6 nitrogen and oxygen atoms in total. The van der Waals surface area contributed by atoms with E-state index >= 15 is 4.39 Å². The van der Waals surface area contributed by atoms with E-state index in [0.29, 0.717) is 34.7 Å². The third kappa shape index (κ3) is 5.33. The van der Waals surface area contributed by atoms with Crippen LogP contribution >= 0.6 is 0 Å². The molecule has 1 atom stereocenters. The summed E-state index contributed by atoms with van der Waals surface area (Å²) in [5.74, 6) is -0.495. The first-order valence-electron chi connectivity index (χ1n) is 13.5. The number of carboxylic acid groups (broad SMARTS) is 1. The molecular weight excluding hydrogens is 509 g/mol. The lowest BCUT2D eigenvalue weighted by atomic mass is 9.79. The Labute approximate surface area is 234 Å². The number of fused-ring (bicyclic) bond motifs is 1. The van der Waals surface area contributed by atoms with Crippen LogP contribution in [-0.2, 0) is 11.4 Å². The van der Waals surface area contributed by atoms with Gasteiger partial charge >= 0.3 is 5.97 Å². The van der Waals surface area contributed by atoms with Crippen molar-refractivity contribution in [1.29, 1.82) is 0 Å². The number of carbonyl (C=O) groups excluding carboxylic acids is 1. The molecule has 3 aromatic rings. The number of amides is 1. The van der Waals surface area contributed by atoms with Gasteiger partial charge in [0.25, 0.3) is 5.91 Å². The number of carbonyl (C=O) groups is 2. The number of halogens is 1. The Morgan fingerprint density at radius 1 is 1.02 bits per heavy atom. The first-order valence-corrected chi connectivity index (χ1v) is 13.5. The SMILES string of the molecule is COc1ccc(F)c(-c2ccc(COc3ccc4c(c3)C(CC(=O)O)CN(C)C4=O)cc2C2=CCCC2(C)C)c1. The van der Waals surface area contributed by atoms with Crippen LogP contribution in [0.25, 0.3) is 16.7 Å². The smallest absolute Gasteiger partial charge is 0.304 e. The van der Waals surface area contributed by atoms with Crippen LogP contribution in [0.1, 0.15) is 66.1 Å². The maximum absolute atomic E-state index is 15.1. The Balaban J connectivity index is 1.47. The van der Waals surface area contributed by atoms with Crippen molar-refractivity contribution in [1.82, 2.24) is 4.90 Å². The Morgan fingerprint density at radius 2 is 1.77 bits per heavy atom. The summed E-state index contributed by atoms with van der Waals surface area (Å²) in [6, 6.07) is 16.0. The Hall–Kier alpha value is -4.13. The van der Waals surface area contributed by atoms with Gasteiger partial charge in [0.05, 0.1) is 13.5 Å². The minimum Gasteiger partial charge on any atom is -0.497 e. The fourth-order valence-electron chi connectivity index (χ4n) is 5.87. The van der Waals surface area contributed by atoms with Gasteiger partial charge in [0.1, 0.15) is 23.9 Å². The largest absolute Gasteiger partial charge is 0.497 e. The third-order valence-corrected chi connectivity index (χ3v) is 8.05. The van der Waals surface area contributed by atoms with Crippen molar-refractivity contribution in [3.05, 3.63) is 88.7 Å². The van der Waals surface area contributed by atoms with Crippen molar-refractivity contribution in [3.8, 4) is 22.6 Å². The molecule has 208 valence electrons. The van der Waals surface area contributed by atoms with Gasteiger partial charge in [-0.3, -0.25) is 9.59 Å². The van der Waals surface area contributed by atoms with Crippen LogP contribution in [0.2, 0.25) is 0 Å². The number of nitrogens with zero attached hydrogens (tertiary/aromatic N) is 1. The summed E-state index contributed by atoms with van der Waals surface area (Å²) in [7, 11) is 3.25. The van der Waals surface area contributed by atoms with E-state index in [1.165, 1.54) is 11.6 Å². The van der Waals surface area contributed by atoms with Gasteiger partial charge in [0.2, 0.25) is 0 Å².